The lowest BCUT2D eigenvalue weighted by Gasteiger charge is -2.03. The van der Waals surface area contributed by atoms with Crippen molar-refractivity contribution in [3.8, 4) is 0 Å². The van der Waals surface area contributed by atoms with Crippen molar-refractivity contribution in [3.05, 3.63) is 64.3 Å². The summed E-state index contributed by atoms with van der Waals surface area (Å²) < 4.78 is 28.5. The molecule has 2 aromatic carbocycles. The Morgan fingerprint density at radius 2 is 1.91 bits per heavy atom. The Labute approximate surface area is 132 Å². The minimum atomic E-state index is -3.64. The topological polar surface area (TPSA) is 62.3 Å². The molecule has 0 saturated carbocycles. The van der Waals surface area contributed by atoms with E-state index in [1.54, 1.807) is 24.3 Å². The highest BCUT2D eigenvalue weighted by Gasteiger charge is 2.31. The van der Waals surface area contributed by atoms with Crippen molar-refractivity contribution in [1.82, 2.24) is 4.98 Å². The number of benzene rings is 2. The van der Waals surface area contributed by atoms with Crippen molar-refractivity contribution >= 4 is 38.2 Å². The summed E-state index contributed by atoms with van der Waals surface area (Å²) in [6.07, 6.45) is 0. The number of nitrogens with one attached hydrogen (secondary N) is 1. The lowest BCUT2D eigenvalue weighted by atomic mass is 10.00. The molecule has 1 aromatic heterocycles. The molecule has 0 saturated heterocycles. The number of H-pyrrole nitrogens is 1. The normalized spacial score (nSPS) is 15.8. The largest absolute Gasteiger partial charge is 0.358 e. The second-order valence-corrected chi connectivity index (χ2v) is 7.23. The lowest BCUT2D eigenvalue weighted by molar-refractivity contribution is 0.599. The fourth-order valence-electron chi connectivity index (χ4n) is 2.89. The van der Waals surface area contributed by atoms with Gasteiger partial charge in [-0.25, -0.2) is 0 Å². The number of hydrogen-bond donors (Lipinski definition) is 1. The fourth-order valence-corrected chi connectivity index (χ4v) is 4.28. The Morgan fingerprint density at radius 3 is 2.73 bits per heavy atom. The Hall–Kier alpha value is -2.11. The lowest BCUT2D eigenvalue weighted by Crippen LogP contribution is -2.01. The fraction of sp³-hybridized carbons (Fsp3) is 0.0625. The molecule has 0 amide bonds. The SMILES string of the molecule is Cc1[nH]c2ccc(Cl)cc2c1C1=NS(=O)(=O)c2ccccc21. The predicted molar refractivity (Wildman–Crippen MR) is 87.3 cm³/mol. The molecule has 0 atom stereocenters. The predicted octanol–water partition coefficient (Wildman–Crippen LogP) is 3.67. The van der Waals surface area contributed by atoms with E-state index < -0.39 is 10.0 Å². The molecule has 1 aliphatic rings. The minimum Gasteiger partial charge on any atom is -0.358 e. The van der Waals surface area contributed by atoms with E-state index in [0.29, 0.717) is 16.3 Å². The molecular formula is C16H11ClN2O2S. The van der Waals surface area contributed by atoms with E-state index in [2.05, 4.69) is 9.38 Å². The molecule has 1 aliphatic heterocycles. The van der Waals surface area contributed by atoms with Gasteiger partial charge in [0.05, 0.1) is 10.6 Å². The molecule has 0 aliphatic carbocycles. The second kappa shape index (κ2) is 4.44. The van der Waals surface area contributed by atoms with E-state index in [1.165, 1.54) is 0 Å². The van der Waals surface area contributed by atoms with Crippen LogP contribution in [-0.2, 0) is 10.0 Å². The number of aromatic amines is 1. The van der Waals surface area contributed by atoms with Crippen LogP contribution in [0.4, 0.5) is 0 Å². The Balaban J connectivity index is 2.09. The highest BCUT2D eigenvalue weighted by Crippen LogP contribution is 2.34. The van der Waals surface area contributed by atoms with Crippen molar-refractivity contribution in [2.45, 2.75) is 11.8 Å². The molecule has 4 rings (SSSR count). The van der Waals surface area contributed by atoms with Gasteiger partial charge in [0.1, 0.15) is 0 Å². The summed E-state index contributed by atoms with van der Waals surface area (Å²) in [5.74, 6) is 0. The van der Waals surface area contributed by atoms with Crippen molar-refractivity contribution in [2.75, 3.05) is 0 Å². The summed E-state index contributed by atoms with van der Waals surface area (Å²) in [6.45, 7) is 1.90. The average molecular weight is 331 g/mol. The second-order valence-electron chi connectivity index (χ2n) is 5.23. The highest BCUT2D eigenvalue weighted by atomic mass is 35.5. The smallest absolute Gasteiger partial charge is 0.283 e. The quantitative estimate of drug-likeness (QED) is 0.740. The molecule has 0 bridgehead atoms. The average Bonchev–Trinajstić information content (AvgIpc) is 2.93. The zero-order valence-electron chi connectivity index (χ0n) is 11.6. The third kappa shape index (κ3) is 1.82. The van der Waals surface area contributed by atoms with Gasteiger partial charge in [0.2, 0.25) is 0 Å². The number of halogens is 1. The van der Waals surface area contributed by atoms with Crippen LogP contribution in [0, 0.1) is 6.92 Å². The maximum absolute atomic E-state index is 12.2. The van der Waals surface area contributed by atoms with Crippen molar-refractivity contribution in [1.29, 1.82) is 0 Å². The van der Waals surface area contributed by atoms with Gasteiger partial charge in [-0.05, 0) is 31.2 Å². The molecule has 110 valence electrons. The number of rotatable bonds is 1. The third-order valence-corrected chi connectivity index (χ3v) is 5.39. The van der Waals surface area contributed by atoms with Crippen LogP contribution < -0.4 is 0 Å². The summed E-state index contributed by atoms with van der Waals surface area (Å²) in [5.41, 5.74) is 3.66. The van der Waals surface area contributed by atoms with Crippen molar-refractivity contribution in [2.24, 2.45) is 4.40 Å². The molecule has 22 heavy (non-hydrogen) atoms. The maximum atomic E-state index is 12.2. The minimum absolute atomic E-state index is 0.251. The number of aromatic nitrogens is 1. The molecule has 2 heterocycles. The van der Waals surface area contributed by atoms with Gasteiger partial charge >= 0.3 is 0 Å². The van der Waals surface area contributed by atoms with E-state index in [0.717, 1.165) is 22.2 Å². The molecule has 1 N–H and O–H groups in total. The van der Waals surface area contributed by atoms with Gasteiger partial charge in [-0.15, -0.1) is 0 Å². The van der Waals surface area contributed by atoms with Gasteiger partial charge in [0.15, 0.2) is 0 Å². The molecule has 0 fully saturated rings. The number of fused-ring (bicyclic) bond motifs is 2. The molecule has 6 heteroatoms. The van der Waals surface area contributed by atoms with E-state index in [4.69, 9.17) is 11.6 Å². The van der Waals surface area contributed by atoms with Gasteiger partial charge in [0, 0.05) is 32.7 Å². The standard InChI is InChI=1S/C16H11ClN2O2S/c1-9-15(12-8-10(17)6-7-13(12)18-9)16-11-4-2-3-5-14(11)22(20,21)19-16/h2-8,18H,1H3. The van der Waals surface area contributed by atoms with Crippen LogP contribution in [0.2, 0.25) is 5.02 Å². The van der Waals surface area contributed by atoms with Gasteiger partial charge in [-0.2, -0.15) is 12.8 Å². The number of sulfonamides is 1. The zero-order valence-corrected chi connectivity index (χ0v) is 13.2. The van der Waals surface area contributed by atoms with Crippen LogP contribution in [0.15, 0.2) is 51.8 Å². The number of nitrogens with zero attached hydrogens (tertiary/aromatic N) is 1. The summed E-state index contributed by atoms with van der Waals surface area (Å²) >= 11 is 6.09. The highest BCUT2D eigenvalue weighted by molar-refractivity contribution is 7.90. The first kappa shape index (κ1) is 13.5. The van der Waals surface area contributed by atoms with Gasteiger partial charge in [0.25, 0.3) is 10.0 Å². The van der Waals surface area contributed by atoms with Gasteiger partial charge in [-0.3, -0.25) is 0 Å². The van der Waals surface area contributed by atoms with Crippen molar-refractivity contribution in [3.63, 3.8) is 0 Å². The first-order valence-corrected chi connectivity index (χ1v) is 8.52. The zero-order chi connectivity index (χ0) is 15.5. The van der Waals surface area contributed by atoms with Crippen LogP contribution in [0.1, 0.15) is 16.8 Å². The van der Waals surface area contributed by atoms with Gasteiger partial charge < -0.3 is 4.98 Å². The van der Waals surface area contributed by atoms with E-state index in [9.17, 15) is 8.42 Å². The molecule has 0 spiro atoms. The van der Waals surface area contributed by atoms with Gasteiger partial charge in [-0.1, -0.05) is 29.8 Å². The van der Waals surface area contributed by atoms with E-state index in [-0.39, 0.29) is 4.90 Å². The number of aryl methyl sites for hydroxylation is 1. The summed E-state index contributed by atoms with van der Waals surface area (Å²) in [7, 11) is -3.64. The Bertz CT molecular complexity index is 1060. The Morgan fingerprint density at radius 1 is 1.14 bits per heavy atom. The summed E-state index contributed by atoms with van der Waals surface area (Å²) in [6, 6.07) is 12.4. The summed E-state index contributed by atoms with van der Waals surface area (Å²) in [4.78, 5) is 3.51. The Kier molecular flexibility index (Phi) is 2.74. The van der Waals surface area contributed by atoms with Crippen molar-refractivity contribution < 1.29 is 8.42 Å². The molecule has 4 nitrogen and oxygen atoms in total. The first-order chi connectivity index (χ1) is 10.5. The monoisotopic (exact) mass is 330 g/mol. The first-order valence-electron chi connectivity index (χ1n) is 6.70. The number of hydrogen-bond acceptors (Lipinski definition) is 2. The van der Waals surface area contributed by atoms with Crippen LogP contribution in [0.25, 0.3) is 10.9 Å². The molecular weight excluding hydrogens is 320 g/mol. The van der Waals surface area contributed by atoms with Crippen LogP contribution in [-0.4, -0.2) is 19.1 Å². The van der Waals surface area contributed by atoms with Crippen LogP contribution in [0.3, 0.4) is 0 Å². The third-order valence-electron chi connectivity index (χ3n) is 3.82. The maximum Gasteiger partial charge on any atom is 0.283 e. The molecule has 0 radical (unpaired) electrons. The van der Waals surface area contributed by atoms with E-state index >= 15 is 0 Å². The summed E-state index contributed by atoms with van der Waals surface area (Å²) in [5, 5.41) is 1.47. The molecule has 0 unspecified atom stereocenters. The van der Waals surface area contributed by atoms with Crippen LogP contribution in [0.5, 0.6) is 0 Å². The van der Waals surface area contributed by atoms with E-state index in [1.807, 2.05) is 25.1 Å². The molecule has 3 aromatic rings. The van der Waals surface area contributed by atoms with Crippen LogP contribution >= 0.6 is 11.6 Å².